The molecule has 2 N–H and O–H groups in total. The first-order chi connectivity index (χ1) is 15.3. The number of halogens is 1. The summed E-state index contributed by atoms with van der Waals surface area (Å²) in [5, 5.41) is 6.46. The highest BCUT2D eigenvalue weighted by molar-refractivity contribution is 6.01. The lowest BCUT2D eigenvalue weighted by Gasteiger charge is -2.37. The number of anilines is 2. The number of allylic oxidation sites excluding steroid dienone is 1. The Morgan fingerprint density at radius 1 is 1.16 bits per heavy atom. The average molecular weight is 436 g/mol. The number of fused-ring (bicyclic) bond motifs is 1. The fourth-order valence-corrected chi connectivity index (χ4v) is 4.69. The van der Waals surface area contributed by atoms with Gasteiger partial charge in [-0.25, -0.2) is 4.39 Å². The van der Waals surface area contributed by atoms with Crippen molar-refractivity contribution in [1.29, 1.82) is 0 Å². The van der Waals surface area contributed by atoms with Crippen molar-refractivity contribution in [2.45, 2.75) is 46.1 Å². The molecule has 1 atom stereocenters. The molecule has 6 heteroatoms. The van der Waals surface area contributed by atoms with Gasteiger partial charge in [-0.1, -0.05) is 45.0 Å². The van der Waals surface area contributed by atoms with Gasteiger partial charge in [-0.05, 0) is 48.1 Å². The lowest BCUT2D eigenvalue weighted by Crippen LogP contribution is -2.42. The zero-order chi connectivity index (χ0) is 22.9. The predicted octanol–water partition coefficient (Wildman–Crippen LogP) is 4.97. The highest BCUT2D eigenvalue weighted by Gasteiger charge is 2.41. The van der Waals surface area contributed by atoms with Gasteiger partial charge in [0.2, 0.25) is 5.91 Å². The van der Waals surface area contributed by atoms with Gasteiger partial charge in [0.25, 0.3) is 0 Å². The Balaban J connectivity index is 1.90. The van der Waals surface area contributed by atoms with Crippen LogP contribution in [-0.4, -0.2) is 24.8 Å². The van der Waals surface area contributed by atoms with Gasteiger partial charge in [-0.15, -0.1) is 0 Å². The SMILES string of the molecule is CCCNC(=O)CN1c2ccccc2NC2=C(C(=O)CC(C)(C)C2)C1c1ccc(F)cc1. The third-order valence-electron chi connectivity index (χ3n) is 6.08. The number of hydrogen-bond acceptors (Lipinski definition) is 4. The minimum absolute atomic E-state index is 0.0600. The summed E-state index contributed by atoms with van der Waals surface area (Å²) >= 11 is 0. The highest BCUT2D eigenvalue weighted by atomic mass is 19.1. The van der Waals surface area contributed by atoms with Crippen molar-refractivity contribution in [3.63, 3.8) is 0 Å². The first-order valence-electron chi connectivity index (χ1n) is 11.2. The number of amides is 1. The molecule has 1 aliphatic heterocycles. The van der Waals surface area contributed by atoms with Crippen LogP contribution in [0.4, 0.5) is 15.8 Å². The highest BCUT2D eigenvalue weighted by Crippen LogP contribution is 2.48. The molecular formula is C26H30FN3O2. The molecule has 32 heavy (non-hydrogen) atoms. The number of Topliss-reactive ketones (excluding diaryl/α,β-unsaturated/α-hetero) is 1. The summed E-state index contributed by atoms with van der Waals surface area (Å²) in [5.74, 6) is -0.385. The minimum atomic E-state index is -0.488. The summed E-state index contributed by atoms with van der Waals surface area (Å²) in [6.45, 7) is 6.88. The van der Waals surface area contributed by atoms with E-state index in [4.69, 9.17) is 0 Å². The van der Waals surface area contributed by atoms with E-state index in [1.807, 2.05) is 36.1 Å². The Kier molecular flexibility index (Phi) is 6.04. The number of nitrogens with one attached hydrogen (secondary N) is 2. The molecule has 0 radical (unpaired) electrons. The number of benzene rings is 2. The monoisotopic (exact) mass is 435 g/mol. The van der Waals surface area contributed by atoms with Crippen LogP contribution in [0.3, 0.4) is 0 Å². The number of carbonyl (C=O) groups excluding carboxylic acids is 2. The van der Waals surface area contributed by atoms with E-state index in [2.05, 4.69) is 24.5 Å². The number of ketones is 1. The fourth-order valence-electron chi connectivity index (χ4n) is 4.69. The van der Waals surface area contributed by atoms with E-state index in [0.29, 0.717) is 18.5 Å². The molecular weight excluding hydrogens is 405 g/mol. The molecule has 1 unspecified atom stereocenters. The van der Waals surface area contributed by atoms with E-state index < -0.39 is 6.04 Å². The third kappa shape index (κ3) is 4.40. The van der Waals surface area contributed by atoms with Gasteiger partial charge in [0, 0.05) is 24.2 Å². The molecule has 0 fully saturated rings. The first kappa shape index (κ1) is 22.1. The Morgan fingerprint density at radius 2 is 1.88 bits per heavy atom. The zero-order valence-corrected chi connectivity index (χ0v) is 18.9. The molecule has 2 aromatic carbocycles. The quantitative estimate of drug-likeness (QED) is 0.696. The summed E-state index contributed by atoms with van der Waals surface area (Å²) in [6.07, 6.45) is 1.99. The maximum absolute atomic E-state index is 13.8. The minimum Gasteiger partial charge on any atom is -0.357 e. The summed E-state index contributed by atoms with van der Waals surface area (Å²) in [7, 11) is 0. The van der Waals surface area contributed by atoms with Crippen LogP contribution in [0.1, 0.15) is 51.6 Å². The largest absolute Gasteiger partial charge is 0.357 e. The van der Waals surface area contributed by atoms with E-state index in [-0.39, 0.29) is 29.5 Å². The van der Waals surface area contributed by atoms with Gasteiger partial charge in [0.05, 0.1) is 24.0 Å². The van der Waals surface area contributed by atoms with E-state index in [1.165, 1.54) is 12.1 Å². The second kappa shape index (κ2) is 8.77. The second-order valence-corrected chi connectivity index (χ2v) is 9.41. The predicted molar refractivity (Wildman–Crippen MR) is 125 cm³/mol. The van der Waals surface area contributed by atoms with Crippen molar-refractivity contribution in [1.82, 2.24) is 5.32 Å². The molecule has 1 heterocycles. The molecule has 4 rings (SSSR count). The smallest absolute Gasteiger partial charge is 0.239 e. The van der Waals surface area contributed by atoms with Crippen molar-refractivity contribution < 1.29 is 14.0 Å². The van der Waals surface area contributed by atoms with Gasteiger partial charge >= 0.3 is 0 Å². The molecule has 0 saturated heterocycles. The topological polar surface area (TPSA) is 61.4 Å². The molecule has 0 aromatic heterocycles. The van der Waals surface area contributed by atoms with Crippen LogP contribution in [0, 0.1) is 11.2 Å². The van der Waals surface area contributed by atoms with Gasteiger partial charge in [0.15, 0.2) is 5.78 Å². The number of rotatable bonds is 5. The normalized spacial score (nSPS) is 19.6. The fraction of sp³-hybridized carbons (Fsp3) is 0.385. The third-order valence-corrected chi connectivity index (χ3v) is 6.08. The summed E-state index contributed by atoms with van der Waals surface area (Å²) in [5.41, 5.74) is 3.86. The lowest BCUT2D eigenvalue weighted by molar-refractivity contribution is -0.120. The molecule has 1 amide bonds. The lowest BCUT2D eigenvalue weighted by atomic mass is 9.73. The maximum atomic E-state index is 13.8. The Bertz CT molecular complexity index is 1060. The molecule has 0 saturated carbocycles. The Labute approximate surface area is 188 Å². The van der Waals surface area contributed by atoms with Gasteiger partial charge in [-0.3, -0.25) is 9.59 Å². The maximum Gasteiger partial charge on any atom is 0.239 e. The van der Waals surface area contributed by atoms with Crippen LogP contribution in [0.25, 0.3) is 0 Å². The molecule has 1 aliphatic carbocycles. The van der Waals surface area contributed by atoms with Gasteiger partial charge < -0.3 is 15.5 Å². The molecule has 0 bridgehead atoms. The number of nitrogens with zero attached hydrogens (tertiary/aromatic N) is 1. The van der Waals surface area contributed by atoms with Crippen molar-refractivity contribution in [3.05, 3.63) is 71.2 Å². The molecule has 168 valence electrons. The van der Waals surface area contributed by atoms with Crippen molar-refractivity contribution in [2.24, 2.45) is 5.41 Å². The van der Waals surface area contributed by atoms with Gasteiger partial charge in [-0.2, -0.15) is 0 Å². The zero-order valence-electron chi connectivity index (χ0n) is 18.9. The summed E-state index contributed by atoms with van der Waals surface area (Å²) in [4.78, 5) is 28.3. The van der Waals surface area contributed by atoms with Crippen LogP contribution in [0.5, 0.6) is 0 Å². The first-order valence-corrected chi connectivity index (χ1v) is 11.2. The van der Waals surface area contributed by atoms with Crippen LogP contribution >= 0.6 is 0 Å². The summed E-state index contributed by atoms with van der Waals surface area (Å²) < 4.78 is 13.8. The van der Waals surface area contributed by atoms with Crippen LogP contribution in [-0.2, 0) is 9.59 Å². The van der Waals surface area contributed by atoms with Gasteiger partial charge in [0.1, 0.15) is 5.82 Å². The van der Waals surface area contributed by atoms with Crippen LogP contribution in [0.2, 0.25) is 0 Å². The van der Waals surface area contributed by atoms with E-state index >= 15 is 0 Å². The summed E-state index contributed by atoms with van der Waals surface area (Å²) in [6, 6.07) is 13.5. The molecule has 5 nitrogen and oxygen atoms in total. The molecule has 2 aliphatic rings. The molecule has 0 spiro atoms. The van der Waals surface area contributed by atoms with Crippen molar-refractivity contribution in [3.8, 4) is 0 Å². The van der Waals surface area contributed by atoms with E-state index in [0.717, 1.165) is 35.5 Å². The van der Waals surface area contributed by atoms with Crippen molar-refractivity contribution >= 4 is 23.1 Å². The number of carbonyl (C=O) groups is 2. The standard InChI is InChI=1S/C26H30FN3O2/c1-4-13-28-23(32)16-30-21-8-6-5-7-19(21)29-20-14-26(2,3)15-22(31)24(20)25(30)17-9-11-18(27)12-10-17/h5-12,25,29H,4,13-16H2,1-3H3,(H,28,32). The van der Waals surface area contributed by atoms with E-state index in [1.54, 1.807) is 12.1 Å². The van der Waals surface area contributed by atoms with Crippen LogP contribution in [0.15, 0.2) is 59.8 Å². The number of hydrogen-bond donors (Lipinski definition) is 2. The Hall–Kier alpha value is -3.15. The second-order valence-electron chi connectivity index (χ2n) is 9.41. The Morgan fingerprint density at radius 3 is 2.59 bits per heavy atom. The average Bonchev–Trinajstić information content (AvgIpc) is 2.87. The number of para-hydroxylation sites is 2. The van der Waals surface area contributed by atoms with Crippen LogP contribution < -0.4 is 15.5 Å². The van der Waals surface area contributed by atoms with Crippen molar-refractivity contribution in [2.75, 3.05) is 23.3 Å². The van der Waals surface area contributed by atoms with E-state index in [9.17, 15) is 14.0 Å². The molecule has 2 aromatic rings.